The van der Waals surface area contributed by atoms with Crippen molar-refractivity contribution in [2.75, 3.05) is 13.1 Å². The lowest BCUT2D eigenvalue weighted by atomic mass is 10.1. The number of rotatable bonds is 5. The van der Waals surface area contributed by atoms with E-state index in [1.807, 2.05) is 6.92 Å². The van der Waals surface area contributed by atoms with Crippen molar-refractivity contribution in [3.63, 3.8) is 0 Å². The fourth-order valence-corrected chi connectivity index (χ4v) is 1.94. The van der Waals surface area contributed by atoms with Crippen molar-refractivity contribution < 1.29 is 14.7 Å². The summed E-state index contributed by atoms with van der Waals surface area (Å²) in [7, 11) is 0. The van der Waals surface area contributed by atoms with Gasteiger partial charge in [0, 0.05) is 19.0 Å². The van der Waals surface area contributed by atoms with E-state index in [-0.39, 0.29) is 24.4 Å². The van der Waals surface area contributed by atoms with Crippen molar-refractivity contribution in [3.8, 4) is 0 Å². The molecular weight excluding hydrogens is 208 g/mol. The van der Waals surface area contributed by atoms with E-state index in [9.17, 15) is 9.59 Å². The summed E-state index contributed by atoms with van der Waals surface area (Å²) < 4.78 is 0. The van der Waals surface area contributed by atoms with Crippen LogP contribution in [0.5, 0.6) is 0 Å². The van der Waals surface area contributed by atoms with Gasteiger partial charge in [0.05, 0.1) is 12.6 Å². The number of aliphatic hydroxyl groups excluding tert-OH is 1. The molecule has 0 bridgehead atoms. The molecular formula is C11H20N2O3. The molecule has 1 aliphatic heterocycles. The van der Waals surface area contributed by atoms with Crippen LogP contribution in [0.3, 0.4) is 0 Å². The minimum atomic E-state index is -0.427. The van der Waals surface area contributed by atoms with Crippen LogP contribution in [-0.4, -0.2) is 47.1 Å². The third kappa shape index (κ3) is 4.18. The predicted molar refractivity (Wildman–Crippen MR) is 59.7 cm³/mol. The van der Waals surface area contributed by atoms with E-state index in [0.29, 0.717) is 19.4 Å². The van der Waals surface area contributed by atoms with Gasteiger partial charge in [-0.15, -0.1) is 0 Å². The Morgan fingerprint density at radius 3 is 2.75 bits per heavy atom. The summed E-state index contributed by atoms with van der Waals surface area (Å²) in [4.78, 5) is 24.4. The normalized spacial score (nSPS) is 19.7. The van der Waals surface area contributed by atoms with Gasteiger partial charge in [0.25, 0.3) is 0 Å². The van der Waals surface area contributed by atoms with Crippen LogP contribution in [0.1, 0.15) is 33.1 Å². The lowest BCUT2D eigenvalue weighted by Crippen LogP contribution is -2.42. The van der Waals surface area contributed by atoms with Crippen molar-refractivity contribution in [3.05, 3.63) is 0 Å². The van der Waals surface area contributed by atoms with Gasteiger partial charge in [0.1, 0.15) is 0 Å². The Labute approximate surface area is 95.8 Å². The maximum Gasteiger partial charge on any atom is 0.239 e. The third-order valence-electron chi connectivity index (χ3n) is 2.61. The fourth-order valence-electron chi connectivity index (χ4n) is 1.94. The van der Waals surface area contributed by atoms with Gasteiger partial charge in [-0.3, -0.25) is 9.59 Å². The van der Waals surface area contributed by atoms with E-state index in [1.54, 1.807) is 11.8 Å². The Morgan fingerprint density at radius 2 is 2.25 bits per heavy atom. The van der Waals surface area contributed by atoms with E-state index in [0.717, 1.165) is 6.42 Å². The fraction of sp³-hybridized carbons (Fsp3) is 0.818. The molecule has 1 heterocycles. The highest BCUT2D eigenvalue weighted by atomic mass is 16.3. The molecule has 1 aliphatic rings. The van der Waals surface area contributed by atoms with Gasteiger partial charge in [-0.05, 0) is 26.7 Å². The number of likely N-dealkylation sites (tertiary alicyclic amines) is 1. The second-order valence-corrected chi connectivity index (χ2v) is 4.47. The molecule has 1 rings (SSSR count). The molecule has 0 aromatic heterocycles. The zero-order valence-electron chi connectivity index (χ0n) is 9.90. The first-order valence-electron chi connectivity index (χ1n) is 5.74. The lowest BCUT2D eigenvalue weighted by Gasteiger charge is -2.19. The summed E-state index contributed by atoms with van der Waals surface area (Å²) in [6.07, 6.45) is 1.50. The van der Waals surface area contributed by atoms with Crippen molar-refractivity contribution in [2.24, 2.45) is 0 Å². The molecule has 1 saturated heterocycles. The van der Waals surface area contributed by atoms with Gasteiger partial charge in [-0.25, -0.2) is 0 Å². The second-order valence-electron chi connectivity index (χ2n) is 4.47. The van der Waals surface area contributed by atoms with Crippen molar-refractivity contribution in [2.45, 2.75) is 45.3 Å². The molecule has 5 nitrogen and oxygen atoms in total. The molecule has 16 heavy (non-hydrogen) atoms. The topological polar surface area (TPSA) is 69.6 Å². The Hall–Kier alpha value is -1.10. The van der Waals surface area contributed by atoms with Crippen LogP contribution in [0.2, 0.25) is 0 Å². The number of carbonyl (C=O) groups excluding carboxylic acids is 2. The van der Waals surface area contributed by atoms with Crippen molar-refractivity contribution in [1.29, 1.82) is 0 Å². The molecule has 0 aromatic rings. The second kappa shape index (κ2) is 5.84. The van der Waals surface area contributed by atoms with Crippen LogP contribution >= 0.6 is 0 Å². The van der Waals surface area contributed by atoms with Crippen molar-refractivity contribution in [1.82, 2.24) is 10.2 Å². The highest BCUT2D eigenvalue weighted by molar-refractivity contribution is 5.85. The zero-order valence-corrected chi connectivity index (χ0v) is 9.90. The Bertz CT molecular complexity index is 266. The van der Waals surface area contributed by atoms with E-state index in [1.165, 1.54) is 0 Å². The van der Waals surface area contributed by atoms with Crippen LogP contribution in [0, 0.1) is 0 Å². The van der Waals surface area contributed by atoms with Crippen LogP contribution in [0.4, 0.5) is 0 Å². The number of nitrogens with zero attached hydrogens (tertiary/aromatic N) is 1. The SMILES string of the molecule is CC(O)CC(C)NC(=O)CN1CCCC1=O. The van der Waals surface area contributed by atoms with Crippen LogP contribution in [0.25, 0.3) is 0 Å². The first-order chi connectivity index (χ1) is 7.49. The highest BCUT2D eigenvalue weighted by Crippen LogP contribution is 2.08. The van der Waals surface area contributed by atoms with Crippen LogP contribution < -0.4 is 5.32 Å². The number of nitrogens with one attached hydrogen (secondary N) is 1. The zero-order chi connectivity index (χ0) is 12.1. The third-order valence-corrected chi connectivity index (χ3v) is 2.61. The highest BCUT2D eigenvalue weighted by Gasteiger charge is 2.22. The van der Waals surface area contributed by atoms with Crippen LogP contribution in [0.15, 0.2) is 0 Å². The molecule has 92 valence electrons. The number of amides is 2. The predicted octanol–water partition coefficient (Wildman–Crippen LogP) is -0.116. The summed E-state index contributed by atoms with van der Waals surface area (Å²) in [6, 6.07) is -0.0646. The summed E-state index contributed by atoms with van der Waals surface area (Å²) in [6.45, 7) is 4.35. The van der Waals surface area contributed by atoms with Gasteiger partial charge in [-0.1, -0.05) is 0 Å². The summed E-state index contributed by atoms with van der Waals surface area (Å²) in [5.41, 5.74) is 0. The van der Waals surface area contributed by atoms with Crippen LogP contribution in [-0.2, 0) is 9.59 Å². The lowest BCUT2D eigenvalue weighted by molar-refractivity contribution is -0.133. The summed E-state index contributed by atoms with van der Waals surface area (Å²) >= 11 is 0. The first-order valence-corrected chi connectivity index (χ1v) is 5.74. The van der Waals surface area contributed by atoms with Gasteiger partial charge in [0.2, 0.25) is 11.8 Å². The van der Waals surface area contributed by atoms with Crippen molar-refractivity contribution >= 4 is 11.8 Å². The van der Waals surface area contributed by atoms with Gasteiger partial charge in [-0.2, -0.15) is 0 Å². The Kier molecular flexibility index (Phi) is 4.73. The minimum absolute atomic E-state index is 0.0540. The molecule has 0 aromatic carbocycles. The average Bonchev–Trinajstić information content (AvgIpc) is 2.49. The molecule has 5 heteroatoms. The number of hydrogen-bond acceptors (Lipinski definition) is 3. The number of hydrogen-bond donors (Lipinski definition) is 2. The minimum Gasteiger partial charge on any atom is -0.393 e. The Balaban J connectivity index is 2.27. The molecule has 0 radical (unpaired) electrons. The monoisotopic (exact) mass is 228 g/mol. The van der Waals surface area contributed by atoms with Gasteiger partial charge in [0.15, 0.2) is 0 Å². The quantitative estimate of drug-likeness (QED) is 0.689. The largest absolute Gasteiger partial charge is 0.393 e. The van der Waals surface area contributed by atoms with Gasteiger partial charge >= 0.3 is 0 Å². The summed E-state index contributed by atoms with van der Waals surface area (Å²) in [5.74, 6) is -0.0956. The number of aliphatic hydroxyl groups is 1. The average molecular weight is 228 g/mol. The molecule has 2 atom stereocenters. The van der Waals surface area contributed by atoms with E-state index < -0.39 is 6.10 Å². The number of carbonyl (C=O) groups is 2. The molecule has 2 N–H and O–H groups in total. The van der Waals surface area contributed by atoms with E-state index in [2.05, 4.69) is 5.32 Å². The molecule has 2 amide bonds. The standard InChI is InChI=1S/C11H20N2O3/c1-8(6-9(2)14)12-10(15)7-13-5-3-4-11(13)16/h8-9,14H,3-7H2,1-2H3,(H,12,15). The van der Waals surface area contributed by atoms with E-state index >= 15 is 0 Å². The molecule has 1 fully saturated rings. The molecule has 0 spiro atoms. The first kappa shape index (κ1) is 13.0. The maximum absolute atomic E-state index is 11.5. The smallest absolute Gasteiger partial charge is 0.239 e. The Morgan fingerprint density at radius 1 is 1.56 bits per heavy atom. The maximum atomic E-state index is 11.5. The van der Waals surface area contributed by atoms with Gasteiger partial charge < -0.3 is 15.3 Å². The van der Waals surface area contributed by atoms with E-state index in [4.69, 9.17) is 5.11 Å². The molecule has 2 unspecified atom stereocenters. The molecule has 0 aliphatic carbocycles. The summed E-state index contributed by atoms with van der Waals surface area (Å²) in [5, 5.41) is 11.9. The molecule has 0 saturated carbocycles.